The third-order valence-electron chi connectivity index (χ3n) is 2.48. The van der Waals surface area contributed by atoms with Crippen molar-refractivity contribution in [3.63, 3.8) is 0 Å². The van der Waals surface area contributed by atoms with Crippen LogP contribution in [0, 0.1) is 0 Å². The molecule has 130 valence electrons. The van der Waals surface area contributed by atoms with E-state index >= 15 is 0 Å². The smallest absolute Gasteiger partial charge is 0.410 e. The second kappa shape index (κ2) is 8.36. The van der Waals surface area contributed by atoms with Gasteiger partial charge in [0.15, 0.2) is 0 Å². The number of hydrogen-bond donors (Lipinski definition) is 0. The highest BCUT2D eigenvalue weighted by Crippen LogP contribution is 2.10. The average Bonchev–Trinajstić information content (AvgIpc) is 2.29. The first-order chi connectivity index (χ1) is 9.80. The molecule has 6 heteroatoms. The van der Waals surface area contributed by atoms with E-state index in [-0.39, 0.29) is 24.8 Å². The molecule has 0 fully saturated rings. The summed E-state index contributed by atoms with van der Waals surface area (Å²) in [6.45, 7) is 13.2. The Morgan fingerprint density at radius 1 is 1.00 bits per heavy atom. The Morgan fingerprint density at radius 2 is 1.50 bits per heavy atom. The summed E-state index contributed by atoms with van der Waals surface area (Å²) in [5.41, 5.74) is -1.02. The van der Waals surface area contributed by atoms with Gasteiger partial charge in [0, 0.05) is 13.6 Å². The first-order valence-corrected chi connectivity index (χ1v) is 7.58. The van der Waals surface area contributed by atoms with Crippen LogP contribution in [0.2, 0.25) is 0 Å². The Kier molecular flexibility index (Phi) is 7.87. The number of hydrogen-bond acceptors (Lipinski definition) is 5. The number of amides is 1. The second-order valence-corrected chi connectivity index (χ2v) is 7.40. The molecule has 0 aromatic carbocycles. The van der Waals surface area contributed by atoms with E-state index in [1.54, 1.807) is 7.05 Å². The van der Waals surface area contributed by atoms with Crippen molar-refractivity contribution < 1.29 is 23.8 Å². The maximum atomic E-state index is 11.8. The largest absolute Gasteiger partial charge is 0.458 e. The van der Waals surface area contributed by atoms with Crippen molar-refractivity contribution in [1.29, 1.82) is 0 Å². The molecule has 0 spiro atoms. The Morgan fingerprint density at radius 3 is 1.95 bits per heavy atom. The highest BCUT2D eigenvalue weighted by Gasteiger charge is 2.20. The van der Waals surface area contributed by atoms with Gasteiger partial charge in [-0.3, -0.25) is 0 Å². The molecule has 1 unspecified atom stereocenters. The van der Waals surface area contributed by atoms with Crippen LogP contribution in [-0.4, -0.2) is 54.5 Å². The Hall–Kier alpha value is -1.30. The van der Waals surface area contributed by atoms with Gasteiger partial charge >= 0.3 is 12.1 Å². The number of ether oxygens (including phenoxy) is 3. The molecule has 0 aromatic rings. The van der Waals surface area contributed by atoms with E-state index in [4.69, 9.17) is 14.2 Å². The summed E-state index contributed by atoms with van der Waals surface area (Å²) < 4.78 is 15.8. The van der Waals surface area contributed by atoms with Crippen molar-refractivity contribution in [3.05, 3.63) is 0 Å². The van der Waals surface area contributed by atoms with Crippen LogP contribution in [0.25, 0.3) is 0 Å². The van der Waals surface area contributed by atoms with Crippen molar-refractivity contribution in [2.45, 2.75) is 72.2 Å². The summed E-state index contributed by atoms with van der Waals surface area (Å²) in [5, 5.41) is 0. The van der Waals surface area contributed by atoms with Crippen molar-refractivity contribution in [3.8, 4) is 0 Å². The van der Waals surface area contributed by atoms with Gasteiger partial charge in [-0.25, -0.2) is 9.59 Å². The van der Waals surface area contributed by atoms with Crippen LogP contribution < -0.4 is 0 Å². The quantitative estimate of drug-likeness (QED) is 0.705. The molecule has 0 saturated carbocycles. The van der Waals surface area contributed by atoms with E-state index in [2.05, 4.69) is 0 Å². The van der Waals surface area contributed by atoms with Crippen LogP contribution in [-0.2, 0) is 19.0 Å². The highest BCUT2D eigenvalue weighted by atomic mass is 16.6. The molecule has 6 nitrogen and oxygen atoms in total. The maximum absolute atomic E-state index is 11.8. The third-order valence-corrected chi connectivity index (χ3v) is 2.48. The van der Waals surface area contributed by atoms with Crippen LogP contribution in [0.15, 0.2) is 0 Å². The van der Waals surface area contributed by atoms with Crippen molar-refractivity contribution in [1.82, 2.24) is 4.90 Å². The van der Waals surface area contributed by atoms with Gasteiger partial charge in [0.05, 0.1) is 6.10 Å². The lowest BCUT2D eigenvalue weighted by atomic mass is 10.2. The number of carbonyl (C=O) groups is 2. The minimum atomic E-state index is -0.513. The van der Waals surface area contributed by atoms with Gasteiger partial charge in [0.2, 0.25) is 0 Å². The second-order valence-electron chi connectivity index (χ2n) is 7.40. The van der Waals surface area contributed by atoms with Gasteiger partial charge in [0.25, 0.3) is 0 Å². The van der Waals surface area contributed by atoms with Gasteiger partial charge in [-0.15, -0.1) is 0 Å². The van der Waals surface area contributed by atoms with E-state index in [0.29, 0.717) is 13.0 Å². The maximum Gasteiger partial charge on any atom is 0.410 e. The Bertz CT molecular complexity index is 368. The molecule has 0 aliphatic rings. The van der Waals surface area contributed by atoms with Crippen LogP contribution in [0.3, 0.4) is 0 Å². The van der Waals surface area contributed by atoms with E-state index in [0.717, 1.165) is 0 Å². The highest BCUT2D eigenvalue weighted by molar-refractivity contribution is 5.71. The summed E-state index contributed by atoms with van der Waals surface area (Å²) in [4.78, 5) is 24.8. The molecule has 0 heterocycles. The molecular weight excluding hydrogens is 286 g/mol. The molecule has 22 heavy (non-hydrogen) atoms. The third kappa shape index (κ3) is 11.4. The molecule has 0 rings (SSSR count). The first-order valence-electron chi connectivity index (χ1n) is 7.58. The van der Waals surface area contributed by atoms with Crippen LogP contribution in [0.5, 0.6) is 0 Å². The molecule has 0 radical (unpaired) electrons. The van der Waals surface area contributed by atoms with Crippen molar-refractivity contribution in [2.75, 3.05) is 20.2 Å². The molecule has 1 amide bonds. The predicted octanol–water partition coefficient (Wildman–Crippen LogP) is 2.99. The fourth-order valence-corrected chi connectivity index (χ4v) is 1.47. The minimum Gasteiger partial charge on any atom is -0.458 e. The molecule has 0 aliphatic heterocycles. The number of nitrogens with zero attached hydrogens (tertiary/aromatic N) is 1. The number of rotatable bonds is 6. The minimum absolute atomic E-state index is 0.0887. The fraction of sp³-hybridized carbons (Fsp3) is 0.875. The Balaban J connectivity index is 4.01. The fourth-order valence-electron chi connectivity index (χ4n) is 1.47. The zero-order valence-electron chi connectivity index (χ0n) is 15.2. The van der Waals surface area contributed by atoms with Gasteiger partial charge in [-0.05, 0) is 54.9 Å². The van der Waals surface area contributed by atoms with Gasteiger partial charge < -0.3 is 19.1 Å². The standard InChI is InChI=1S/C16H31NO5/c1-12(20-11-13(18)21-15(2,3)4)9-10-17(8)14(19)22-16(5,6)7/h12H,9-11H2,1-8H3. The zero-order valence-corrected chi connectivity index (χ0v) is 15.2. The summed E-state index contributed by atoms with van der Waals surface area (Å²) >= 11 is 0. The molecule has 0 aromatic heterocycles. The average molecular weight is 317 g/mol. The number of carbonyl (C=O) groups excluding carboxylic acids is 2. The Labute approximate surface area is 134 Å². The SMILES string of the molecule is CC(CCN(C)C(=O)OC(C)(C)C)OCC(=O)OC(C)(C)C. The van der Waals surface area contributed by atoms with E-state index in [9.17, 15) is 9.59 Å². The number of esters is 1. The molecule has 0 N–H and O–H groups in total. The van der Waals surface area contributed by atoms with Gasteiger partial charge in [0.1, 0.15) is 17.8 Å². The topological polar surface area (TPSA) is 65.1 Å². The lowest BCUT2D eigenvalue weighted by molar-refractivity contribution is -0.162. The monoisotopic (exact) mass is 317 g/mol. The summed E-state index contributed by atoms with van der Waals surface area (Å²) in [6, 6.07) is 0. The summed E-state index contributed by atoms with van der Waals surface area (Å²) in [6.07, 6.45) is 0.0858. The van der Waals surface area contributed by atoms with E-state index in [1.165, 1.54) is 4.90 Å². The first kappa shape index (κ1) is 20.7. The molecule has 1 atom stereocenters. The summed E-state index contributed by atoms with van der Waals surface area (Å²) in [7, 11) is 1.68. The van der Waals surface area contributed by atoms with Crippen molar-refractivity contribution in [2.24, 2.45) is 0 Å². The van der Waals surface area contributed by atoms with Crippen LogP contribution in [0.4, 0.5) is 4.79 Å². The van der Waals surface area contributed by atoms with Gasteiger partial charge in [-0.1, -0.05) is 0 Å². The normalized spacial score (nSPS) is 13.5. The van der Waals surface area contributed by atoms with Crippen LogP contribution in [0.1, 0.15) is 54.9 Å². The summed E-state index contributed by atoms with van der Waals surface area (Å²) in [5.74, 6) is -0.389. The van der Waals surface area contributed by atoms with Crippen molar-refractivity contribution >= 4 is 12.1 Å². The van der Waals surface area contributed by atoms with E-state index < -0.39 is 11.2 Å². The van der Waals surface area contributed by atoms with E-state index in [1.807, 2.05) is 48.5 Å². The molecular formula is C16H31NO5. The van der Waals surface area contributed by atoms with Gasteiger partial charge in [-0.2, -0.15) is 0 Å². The molecule has 0 saturated heterocycles. The lowest BCUT2D eigenvalue weighted by Gasteiger charge is -2.25. The van der Waals surface area contributed by atoms with Crippen LogP contribution >= 0.6 is 0 Å². The predicted molar refractivity (Wildman–Crippen MR) is 84.7 cm³/mol. The lowest BCUT2D eigenvalue weighted by Crippen LogP contribution is -2.36. The zero-order chi connectivity index (χ0) is 17.6. The molecule has 0 bridgehead atoms. The molecule has 0 aliphatic carbocycles.